The van der Waals surface area contributed by atoms with Crippen LogP contribution in [-0.4, -0.2) is 26.7 Å². The standard InChI is InChI=1S/C21H29N3O2/c1-6-22-21(24-14-18-9-7-15(2)11-16(18)3)23-13-17-8-10-19(25-4)20(12-17)26-5/h7-12H,6,13-14H2,1-5H3,(H2,22,23,24). The van der Waals surface area contributed by atoms with Crippen LogP contribution in [0, 0.1) is 13.8 Å². The molecule has 2 aromatic carbocycles. The maximum atomic E-state index is 5.35. The van der Waals surface area contributed by atoms with Gasteiger partial charge in [0.15, 0.2) is 17.5 Å². The van der Waals surface area contributed by atoms with E-state index in [0.717, 1.165) is 30.4 Å². The molecule has 26 heavy (non-hydrogen) atoms. The third kappa shape index (κ3) is 5.41. The fraction of sp³-hybridized carbons (Fsp3) is 0.381. The van der Waals surface area contributed by atoms with Gasteiger partial charge in [0, 0.05) is 13.1 Å². The van der Waals surface area contributed by atoms with Gasteiger partial charge in [-0.3, -0.25) is 0 Å². The van der Waals surface area contributed by atoms with Gasteiger partial charge in [0.05, 0.1) is 20.8 Å². The van der Waals surface area contributed by atoms with Crippen molar-refractivity contribution in [2.24, 2.45) is 4.99 Å². The molecule has 0 aliphatic heterocycles. The van der Waals surface area contributed by atoms with Crippen molar-refractivity contribution in [1.82, 2.24) is 10.6 Å². The van der Waals surface area contributed by atoms with E-state index < -0.39 is 0 Å². The molecule has 0 radical (unpaired) electrons. The molecule has 5 nitrogen and oxygen atoms in total. The third-order valence-corrected chi connectivity index (χ3v) is 4.16. The van der Waals surface area contributed by atoms with Crippen molar-refractivity contribution in [1.29, 1.82) is 0 Å². The van der Waals surface area contributed by atoms with Crippen LogP contribution in [-0.2, 0) is 13.1 Å². The smallest absolute Gasteiger partial charge is 0.191 e. The summed E-state index contributed by atoms with van der Waals surface area (Å²) in [5, 5.41) is 6.69. The first-order chi connectivity index (χ1) is 12.6. The van der Waals surface area contributed by atoms with Gasteiger partial charge in [-0.2, -0.15) is 0 Å². The molecule has 140 valence electrons. The molecule has 0 spiro atoms. The maximum absolute atomic E-state index is 5.35. The van der Waals surface area contributed by atoms with E-state index >= 15 is 0 Å². The van der Waals surface area contributed by atoms with Gasteiger partial charge >= 0.3 is 0 Å². The van der Waals surface area contributed by atoms with Crippen molar-refractivity contribution < 1.29 is 9.47 Å². The van der Waals surface area contributed by atoms with Gasteiger partial charge < -0.3 is 20.1 Å². The zero-order valence-corrected chi connectivity index (χ0v) is 16.3. The van der Waals surface area contributed by atoms with Crippen LogP contribution in [0.15, 0.2) is 41.4 Å². The number of hydrogen-bond donors (Lipinski definition) is 2. The Labute approximate surface area is 156 Å². The summed E-state index contributed by atoms with van der Waals surface area (Å²) < 4.78 is 10.6. The number of rotatable bonds is 7. The van der Waals surface area contributed by atoms with Gasteiger partial charge in [0.1, 0.15) is 0 Å². The lowest BCUT2D eigenvalue weighted by molar-refractivity contribution is 0.354. The highest BCUT2D eigenvalue weighted by molar-refractivity contribution is 5.79. The second kappa shape index (κ2) is 9.70. The Morgan fingerprint density at radius 1 is 0.962 bits per heavy atom. The van der Waals surface area contributed by atoms with Crippen LogP contribution in [0.1, 0.15) is 29.2 Å². The molecule has 0 aromatic heterocycles. The van der Waals surface area contributed by atoms with E-state index in [2.05, 4.69) is 54.6 Å². The molecular formula is C21H29N3O2. The number of methoxy groups -OCH3 is 2. The quantitative estimate of drug-likeness (QED) is 0.589. The zero-order valence-electron chi connectivity index (χ0n) is 16.3. The van der Waals surface area contributed by atoms with Crippen LogP contribution in [0.2, 0.25) is 0 Å². The Morgan fingerprint density at radius 2 is 1.73 bits per heavy atom. The molecule has 2 N–H and O–H groups in total. The van der Waals surface area contributed by atoms with Crippen LogP contribution in [0.25, 0.3) is 0 Å². The average Bonchev–Trinajstić information content (AvgIpc) is 2.64. The van der Waals surface area contributed by atoms with Crippen LogP contribution < -0.4 is 20.1 Å². The highest BCUT2D eigenvalue weighted by Crippen LogP contribution is 2.27. The van der Waals surface area contributed by atoms with Gasteiger partial charge in [-0.05, 0) is 49.6 Å². The van der Waals surface area contributed by atoms with Crippen molar-refractivity contribution in [3.8, 4) is 11.5 Å². The number of nitrogens with zero attached hydrogens (tertiary/aromatic N) is 1. The molecule has 0 amide bonds. The van der Waals surface area contributed by atoms with Crippen molar-refractivity contribution in [2.45, 2.75) is 33.9 Å². The molecule has 2 aromatic rings. The maximum Gasteiger partial charge on any atom is 0.191 e. The minimum Gasteiger partial charge on any atom is -0.493 e. The lowest BCUT2D eigenvalue weighted by Gasteiger charge is -2.13. The van der Waals surface area contributed by atoms with E-state index in [-0.39, 0.29) is 0 Å². The van der Waals surface area contributed by atoms with Gasteiger partial charge in [-0.25, -0.2) is 4.99 Å². The first-order valence-electron chi connectivity index (χ1n) is 8.86. The molecule has 0 atom stereocenters. The molecule has 0 fully saturated rings. The molecule has 2 rings (SSSR count). The monoisotopic (exact) mass is 355 g/mol. The van der Waals surface area contributed by atoms with E-state index in [1.165, 1.54) is 16.7 Å². The summed E-state index contributed by atoms with van der Waals surface area (Å²) in [4.78, 5) is 4.67. The molecule has 0 aliphatic carbocycles. The van der Waals surface area contributed by atoms with E-state index in [1.54, 1.807) is 14.2 Å². The summed E-state index contributed by atoms with van der Waals surface area (Å²) in [6.45, 7) is 8.42. The Kier molecular flexibility index (Phi) is 7.33. The number of aliphatic imine (C=N–C) groups is 1. The van der Waals surface area contributed by atoms with Crippen molar-refractivity contribution in [3.63, 3.8) is 0 Å². The predicted molar refractivity (Wildman–Crippen MR) is 107 cm³/mol. The number of guanidine groups is 1. The largest absolute Gasteiger partial charge is 0.493 e. The van der Waals surface area contributed by atoms with E-state index in [1.807, 2.05) is 18.2 Å². The zero-order chi connectivity index (χ0) is 18.9. The van der Waals surface area contributed by atoms with Gasteiger partial charge in [0.2, 0.25) is 0 Å². The minimum absolute atomic E-state index is 0.558. The summed E-state index contributed by atoms with van der Waals surface area (Å²) in [7, 11) is 3.27. The number of aryl methyl sites for hydroxylation is 2. The van der Waals surface area contributed by atoms with Crippen molar-refractivity contribution in [2.75, 3.05) is 20.8 Å². The topological polar surface area (TPSA) is 54.9 Å². The fourth-order valence-electron chi connectivity index (χ4n) is 2.71. The molecule has 0 saturated carbocycles. The molecule has 5 heteroatoms. The van der Waals surface area contributed by atoms with Crippen molar-refractivity contribution in [3.05, 3.63) is 58.7 Å². The summed E-state index contributed by atoms with van der Waals surface area (Å²) in [6, 6.07) is 12.4. The van der Waals surface area contributed by atoms with Gasteiger partial charge in [-0.15, -0.1) is 0 Å². The number of nitrogens with one attached hydrogen (secondary N) is 2. The third-order valence-electron chi connectivity index (χ3n) is 4.16. The minimum atomic E-state index is 0.558. The van der Waals surface area contributed by atoms with Crippen LogP contribution in [0.4, 0.5) is 0 Å². The second-order valence-corrected chi connectivity index (χ2v) is 6.17. The van der Waals surface area contributed by atoms with E-state index in [4.69, 9.17) is 9.47 Å². The van der Waals surface area contributed by atoms with Crippen molar-refractivity contribution >= 4 is 5.96 Å². The lowest BCUT2D eigenvalue weighted by atomic mass is 10.1. The number of benzene rings is 2. The van der Waals surface area contributed by atoms with Crippen LogP contribution in [0.5, 0.6) is 11.5 Å². The second-order valence-electron chi connectivity index (χ2n) is 6.17. The Hall–Kier alpha value is -2.69. The fourth-order valence-corrected chi connectivity index (χ4v) is 2.71. The van der Waals surface area contributed by atoms with Crippen LogP contribution >= 0.6 is 0 Å². The average molecular weight is 355 g/mol. The van der Waals surface area contributed by atoms with E-state index in [9.17, 15) is 0 Å². The first kappa shape index (κ1) is 19.6. The SMILES string of the molecule is CCNC(=NCc1ccc(OC)c(OC)c1)NCc1ccc(C)cc1C. The summed E-state index contributed by atoms with van der Waals surface area (Å²) in [5.74, 6) is 2.23. The van der Waals surface area contributed by atoms with E-state index in [0.29, 0.717) is 12.3 Å². The Balaban J connectivity index is 2.06. The molecular weight excluding hydrogens is 326 g/mol. The molecule has 0 heterocycles. The summed E-state index contributed by atoms with van der Waals surface area (Å²) >= 11 is 0. The normalized spacial score (nSPS) is 11.2. The summed E-state index contributed by atoms with van der Waals surface area (Å²) in [5.41, 5.74) is 4.90. The molecule has 0 saturated heterocycles. The predicted octanol–water partition coefficient (Wildman–Crippen LogP) is 3.58. The van der Waals surface area contributed by atoms with Gasteiger partial charge in [0.25, 0.3) is 0 Å². The summed E-state index contributed by atoms with van der Waals surface area (Å²) in [6.07, 6.45) is 0. The molecule has 0 aliphatic rings. The lowest BCUT2D eigenvalue weighted by Crippen LogP contribution is -2.36. The Bertz CT molecular complexity index is 757. The van der Waals surface area contributed by atoms with Gasteiger partial charge in [-0.1, -0.05) is 29.8 Å². The molecule has 0 unspecified atom stereocenters. The molecule has 0 bridgehead atoms. The number of ether oxygens (including phenoxy) is 2. The van der Waals surface area contributed by atoms with Crippen LogP contribution in [0.3, 0.4) is 0 Å². The Morgan fingerprint density at radius 3 is 2.38 bits per heavy atom. The highest BCUT2D eigenvalue weighted by atomic mass is 16.5. The first-order valence-corrected chi connectivity index (χ1v) is 8.86. The highest BCUT2D eigenvalue weighted by Gasteiger charge is 2.05. The number of hydrogen-bond acceptors (Lipinski definition) is 3.